The van der Waals surface area contributed by atoms with Crippen molar-refractivity contribution in [3.05, 3.63) is 23.9 Å². The Morgan fingerprint density at radius 3 is 2.92 bits per heavy atom. The summed E-state index contributed by atoms with van der Waals surface area (Å²) in [5.74, 6) is 0.873. The lowest BCUT2D eigenvalue weighted by molar-refractivity contribution is 1.27. The number of hydrogen-bond donors (Lipinski definition) is 1. The summed E-state index contributed by atoms with van der Waals surface area (Å²) < 4.78 is 0. The van der Waals surface area contributed by atoms with Crippen molar-refractivity contribution >= 4 is 22.7 Å². The number of anilines is 1. The van der Waals surface area contributed by atoms with E-state index in [4.69, 9.17) is 0 Å². The minimum Gasteiger partial charge on any atom is -0.319 e. The lowest BCUT2D eigenvalue weighted by Gasteiger charge is -2.07. The fourth-order valence-corrected chi connectivity index (χ4v) is 1.30. The fraction of sp³-hybridized carbons (Fsp3) is 0.333. The van der Waals surface area contributed by atoms with Crippen LogP contribution in [0.25, 0.3) is 0 Å². The van der Waals surface area contributed by atoms with Crippen LogP contribution in [0.2, 0.25) is 0 Å². The average molecular weight is 195 g/mol. The van der Waals surface area contributed by atoms with E-state index in [0.29, 0.717) is 0 Å². The summed E-state index contributed by atoms with van der Waals surface area (Å²) in [4.78, 5) is 8.28. The Morgan fingerprint density at radius 1 is 1.62 bits per heavy atom. The van der Waals surface area contributed by atoms with Gasteiger partial charge in [0.15, 0.2) is 5.17 Å². The minimum atomic E-state index is 0.873. The van der Waals surface area contributed by atoms with E-state index in [9.17, 15) is 0 Å². The first-order valence-electron chi connectivity index (χ1n) is 3.97. The van der Waals surface area contributed by atoms with Crippen molar-refractivity contribution in [2.45, 2.75) is 6.92 Å². The molecule has 70 valence electrons. The van der Waals surface area contributed by atoms with Gasteiger partial charge in [-0.25, -0.2) is 4.98 Å². The number of aliphatic imine (C=N–C) groups is 1. The van der Waals surface area contributed by atoms with Gasteiger partial charge in [0.25, 0.3) is 0 Å². The second-order valence-corrected chi connectivity index (χ2v) is 3.32. The molecule has 3 nitrogen and oxygen atoms in total. The highest BCUT2D eigenvalue weighted by molar-refractivity contribution is 8.13. The molecule has 4 heteroatoms. The lowest BCUT2D eigenvalue weighted by Crippen LogP contribution is -2.09. The number of nitrogens with zero attached hydrogens (tertiary/aromatic N) is 2. The Morgan fingerprint density at radius 2 is 2.38 bits per heavy atom. The van der Waals surface area contributed by atoms with Gasteiger partial charge < -0.3 is 5.32 Å². The van der Waals surface area contributed by atoms with Crippen LogP contribution in [0.5, 0.6) is 0 Å². The summed E-state index contributed by atoms with van der Waals surface area (Å²) in [6.45, 7) is 2.02. The summed E-state index contributed by atoms with van der Waals surface area (Å²) in [5.41, 5.74) is 1.12. The number of aromatic nitrogens is 1. The Bertz CT molecular complexity index is 309. The molecule has 1 N–H and O–H groups in total. The van der Waals surface area contributed by atoms with E-state index in [0.717, 1.165) is 16.5 Å². The summed E-state index contributed by atoms with van der Waals surface area (Å²) in [6, 6.07) is 3.94. The van der Waals surface area contributed by atoms with E-state index in [1.807, 2.05) is 25.3 Å². The fourth-order valence-electron chi connectivity index (χ4n) is 0.916. The van der Waals surface area contributed by atoms with Crippen LogP contribution in [-0.2, 0) is 0 Å². The van der Waals surface area contributed by atoms with Gasteiger partial charge in [0, 0.05) is 13.2 Å². The van der Waals surface area contributed by atoms with Crippen molar-refractivity contribution in [3.8, 4) is 0 Å². The molecular formula is C9H13N3S. The van der Waals surface area contributed by atoms with Crippen LogP contribution in [0.15, 0.2) is 23.3 Å². The molecule has 0 bridgehead atoms. The van der Waals surface area contributed by atoms with Crippen LogP contribution in [-0.4, -0.2) is 23.5 Å². The van der Waals surface area contributed by atoms with Gasteiger partial charge in [-0.3, -0.25) is 4.99 Å². The van der Waals surface area contributed by atoms with Gasteiger partial charge >= 0.3 is 0 Å². The molecule has 0 saturated heterocycles. The highest BCUT2D eigenvalue weighted by atomic mass is 32.2. The van der Waals surface area contributed by atoms with E-state index in [1.54, 1.807) is 25.0 Å². The third kappa shape index (κ3) is 2.73. The first kappa shape index (κ1) is 10.1. The second-order valence-electron chi connectivity index (χ2n) is 2.53. The molecule has 1 aromatic heterocycles. The maximum absolute atomic E-state index is 4.21. The van der Waals surface area contributed by atoms with Crippen molar-refractivity contribution in [1.82, 2.24) is 4.98 Å². The highest BCUT2D eigenvalue weighted by Gasteiger charge is 2.00. The molecule has 0 aromatic carbocycles. The van der Waals surface area contributed by atoms with Crippen LogP contribution in [0.4, 0.5) is 5.82 Å². The van der Waals surface area contributed by atoms with Gasteiger partial charge in [0.2, 0.25) is 0 Å². The Kier molecular flexibility index (Phi) is 3.76. The molecule has 1 heterocycles. The number of rotatable bonds is 1. The van der Waals surface area contributed by atoms with Crippen molar-refractivity contribution < 1.29 is 0 Å². The third-order valence-electron chi connectivity index (χ3n) is 1.63. The first-order valence-corrected chi connectivity index (χ1v) is 5.20. The molecule has 0 amide bonds. The average Bonchev–Trinajstić information content (AvgIpc) is 2.17. The number of hydrogen-bond acceptors (Lipinski definition) is 3. The van der Waals surface area contributed by atoms with Crippen LogP contribution >= 0.6 is 11.8 Å². The summed E-state index contributed by atoms with van der Waals surface area (Å²) in [7, 11) is 1.76. The van der Waals surface area contributed by atoms with Gasteiger partial charge in [-0.1, -0.05) is 17.8 Å². The van der Waals surface area contributed by atoms with Gasteiger partial charge in [-0.2, -0.15) is 0 Å². The van der Waals surface area contributed by atoms with Crippen molar-refractivity contribution in [3.63, 3.8) is 0 Å². The van der Waals surface area contributed by atoms with E-state index >= 15 is 0 Å². The molecule has 0 saturated carbocycles. The molecule has 0 fully saturated rings. The molecule has 0 radical (unpaired) electrons. The first-order chi connectivity index (χ1) is 6.27. The van der Waals surface area contributed by atoms with Crippen molar-refractivity contribution in [2.75, 3.05) is 18.6 Å². The Balaban J connectivity index is 2.80. The van der Waals surface area contributed by atoms with Crippen LogP contribution in [0.1, 0.15) is 5.56 Å². The topological polar surface area (TPSA) is 37.3 Å². The molecule has 0 atom stereocenters. The molecule has 0 unspecified atom stereocenters. The predicted molar refractivity (Wildman–Crippen MR) is 59.5 cm³/mol. The van der Waals surface area contributed by atoms with Gasteiger partial charge in [-0.05, 0) is 24.8 Å². The minimum absolute atomic E-state index is 0.873. The molecule has 1 aromatic rings. The Labute approximate surface area is 82.7 Å². The molecule has 0 aliphatic rings. The summed E-state index contributed by atoms with van der Waals surface area (Å²) >= 11 is 1.57. The van der Waals surface area contributed by atoms with E-state index in [1.165, 1.54) is 0 Å². The zero-order chi connectivity index (χ0) is 9.68. The van der Waals surface area contributed by atoms with Crippen molar-refractivity contribution in [2.24, 2.45) is 4.99 Å². The highest BCUT2D eigenvalue weighted by Crippen LogP contribution is 2.11. The maximum atomic E-state index is 4.21. The van der Waals surface area contributed by atoms with Crippen LogP contribution in [0.3, 0.4) is 0 Å². The molecule has 0 aliphatic carbocycles. The number of amidine groups is 1. The number of pyridine rings is 1. The van der Waals surface area contributed by atoms with Crippen LogP contribution in [0, 0.1) is 6.92 Å². The standard InChI is InChI=1S/C9H13N3S/c1-7-5-4-6-11-8(7)12-9(10-2)13-3/h4-6H,1-3H3,(H,10,11,12). The summed E-state index contributed by atoms with van der Waals surface area (Å²) in [6.07, 6.45) is 3.75. The number of aryl methyl sites for hydroxylation is 1. The quantitative estimate of drug-likeness (QED) is 0.551. The van der Waals surface area contributed by atoms with Gasteiger partial charge in [0.1, 0.15) is 5.82 Å². The lowest BCUT2D eigenvalue weighted by atomic mass is 10.3. The monoisotopic (exact) mass is 195 g/mol. The zero-order valence-corrected chi connectivity index (χ0v) is 8.85. The maximum Gasteiger partial charge on any atom is 0.161 e. The second kappa shape index (κ2) is 4.87. The molecule has 1 rings (SSSR count). The molecule has 0 spiro atoms. The molecule has 13 heavy (non-hydrogen) atoms. The molecule has 0 aliphatic heterocycles. The van der Waals surface area contributed by atoms with E-state index in [2.05, 4.69) is 15.3 Å². The third-order valence-corrected chi connectivity index (χ3v) is 2.30. The molecular weight excluding hydrogens is 182 g/mol. The SMILES string of the molecule is CN=C(Nc1ncccc1C)SC. The smallest absolute Gasteiger partial charge is 0.161 e. The normalized spacial score (nSPS) is 11.5. The van der Waals surface area contributed by atoms with E-state index in [-0.39, 0.29) is 0 Å². The van der Waals surface area contributed by atoms with E-state index < -0.39 is 0 Å². The predicted octanol–water partition coefficient (Wildman–Crippen LogP) is 2.15. The van der Waals surface area contributed by atoms with Gasteiger partial charge in [-0.15, -0.1) is 0 Å². The van der Waals surface area contributed by atoms with Crippen molar-refractivity contribution in [1.29, 1.82) is 0 Å². The summed E-state index contributed by atoms with van der Waals surface area (Å²) in [5, 5.41) is 4.03. The number of nitrogens with one attached hydrogen (secondary N) is 1. The Hall–Kier alpha value is -1.03. The van der Waals surface area contributed by atoms with Gasteiger partial charge in [0.05, 0.1) is 0 Å². The zero-order valence-electron chi connectivity index (χ0n) is 8.03. The number of thioether (sulfide) groups is 1. The largest absolute Gasteiger partial charge is 0.319 e. The van der Waals surface area contributed by atoms with Crippen LogP contribution < -0.4 is 5.32 Å².